The Morgan fingerprint density at radius 1 is 1.08 bits per heavy atom. The summed E-state index contributed by atoms with van der Waals surface area (Å²) in [5.74, 6) is -0.0327. The van der Waals surface area contributed by atoms with Gasteiger partial charge < -0.3 is 19.5 Å². The zero-order valence-electron chi connectivity index (χ0n) is 14.7. The molecule has 2 rings (SSSR count). The van der Waals surface area contributed by atoms with E-state index in [1.807, 2.05) is 12.1 Å². The van der Waals surface area contributed by atoms with Crippen LogP contribution >= 0.6 is 11.6 Å². The van der Waals surface area contributed by atoms with Crippen molar-refractivity contribution in [2.24, 2.45) is 0 Å². The van der Waals surface area contributed by atoms with E-state index in [9.17, 15) is 9.59 Å². The number of halogens is 1. The number of esters is 1. The zero-order valence-corrected chi connectivity index (χ0v) is 15.5. The van der Waals surface area contributed by atoms with Crippen molar-refractivity contribution in [1.29, 1.82) is 0 Å². The van der Waals surface area contributed by atoms with Gasteiger partial charge in [0, 0.05) is 11.6 Å². The van der Waals surface area contributed by atoms with Crippen LogP contribution in [0.3, 0.4) is 0 Å². The van der Waals surface area contributed by atoms with E-state index in [0.29, 0.717) is 17.3 Å². The minimum absolute atomic E-state index is 0.162. The number of ether oxygens (including phenoxy) is 3. The smallest absolute Gasteiger partial charge is 0.342 e. The van der Waals surface area contributed by atoms with Crippen LogP contribution in [0.25, 0.3) is 0 Å². The Hall–Kier alpha value is -2.73. The van der Waals surface area contributed by atoms with Crippen LogP contribution in [0.2, 0.25) is 5.02 Å². The minimum atomic E-state index is -0.968. The predicted molar refractivity (Wildman–Crippen MR) is 97.7 cm³/mol. The maximum Gasteiger partial charge on any atom is 0.342 e. The summed E-state index contributed by atoms with van der Waals surface area (Å²) in [4.78, 5) is 24.4. The third kappa shape index (κ3) is 5.13. The lowest BCUT2D eigenvalue weighted by Crippen LogP contribution is -2.35. The van der Waals surface area contributed by atoms with E-state index in [-0.39, 0.29) is 5.56 Å². The van der Waals surface area contributed by atoms with Crippen molar-refractivity contribution in [2.45, 2.75) is 19.6 Å². The molecule has 1 atom stereocenters. The van der Waals surface area contributed by atoms with Crippen LogP contribution in [0.4, 0.5) is 0 Å². The lowest BCUT2D eigenvalue weighted by Gasteiger charge is -2.15. The molecule has 0 radical (unpaired) electrons. The van der Waals surface area contributed by atoms with Gasteiger partial charge in [-0.2, -0.15) is 0 Å². The highest BCUT2D eigenvalue weighted by Crippen LogP contribution is 2.23. The highest BCUT2D eigenvalue weighted by Gasteiger charge is 2.21. The van der Waals surface area contributed by atoms with Crippen molar-refractivity contribution in [1.82, 2.24) is 5.32 Å². The van der Waals surface area contributed by atoms with Gasteiger partial charge in [0.05, 0.1) is 14.2 Å². The highest BCUT2D eigenvalue weighted by molar-refractivity contribution is 6.31. The first kappa shape index (κ1) is 19.6. The molecule has 1 amide bonds. The number of rotatable bonds is 7. The van der Waals surface area contributed by atoms with Gasteiger partial charge in [-0.15, -0.1) is 0 Å². The molecule has 2 aromatic carbocycles. The molecule has 0 aliphatic rings. The van der Waals surface area contributed by atoms with E-state index in [2.05, 4.69) is 5.32 Å². The van der Waals surface area contributed by atoms with E-state index in [1.165, 1.54) is 20.1 Å². The molecule has 0 unspecified atom stereocenters. The average Bonchev–Trinajstić information content (AvgIpc) is 2.66. The van der Waals surface area contributed by atoms with Crippen molar-refractivity contribution >= 4 is 23.5 Å². The van der Waals surface area contributed by atoms with Gasteiger partial charge in [-0.05, 0) is 42.8 Å². The van der Waals surface area contributed by atoms with Gasteiger partial charge in [0.2, 0.25) is 0 Å². The Morgan fingerprint density at radius 2 is 1.77 bits per heavy atom. The summed E-state index contributed by atoms with van der Waals surface area (Å²) in [6.07, 6.45) is -0.968. The first-order chi connectivity index (χ1) is 12.4. The molecule has 2 aromatic rings. The van der Waals surface area contributed by atoms with Crippen LogP contribution in [0.15, 0.2) is 42.5 Å². The van der Waals surface area contributed by atoms with Gasteiger partial charge in [0.1, 0.15) is 17.1 Å². The van der Waals surface area contributed by atoms with Gasteiger partial charge in [-0.25, -0.2) is 4.79 Å². The Kier molecular flexibility index (Phi) is 6.86. The van der Waals surface area contributed by atoms with Gasteiger partial charge in [0.15, 0.2) is 6.10 Å². The maximum atomic E-state index is 12.3. The zero-order chi connectivity index (χ0) is 19.1. The van der Waals surface area contributed by atoms with Crippen molar-refractivity contribution in [3.05, 3.63) is 58.6 Å². The normalized spacial score (nSPS) is 11.4. The summed E-state index contributed by atoms with van der Waals surface area (Å²) in [6.45, 7) is 1.81. The van der Waals surface area contributed by atoms with Gasteiger partial charge >= 0.3 is 5.97 Å². The van der Waals surface area contributed by atoms with Crippen LogP contribution in [0.1, 0.15) is 22.8 Å². The topological polar surface area (TPSA) is 73.9 Å². The number of carbonyl (C=O) groups excluding carboxylic acids is 2. The Morgan fingerprint density at radius 3 is 2.38 bits per heavy atom. The number of nitrogens with one attached hydrogen (secondary N) is 1. The summed E-state index contributed by atoms with van der Waals surface area (Å²) in [7, 11) is 3.02. The van der Waals surface area contributed by atoms with Crippen molar-refractivity contribution in [2.75, 3.05) is 14.2 Å². The molecule has 26 heavy (non-hydrogen) atoms. The first-order valence-corrected chi connectivity index (χ1v) is 8.27. The number of benzene rings is 2. The third-order valence-electron chi connectivity index (χ3n) is 3.66. The minimum Gasteiger partial charge on any atom is -0.497 e. The second kappa shape index (κ2) is 9.10. The first-order valence-electron chi connectivity index (χ1n) is 7.89. The van der Waals surface area contributed by atoms with Gasteiger partial charge in [-0.3, -0.25) is 4.79 Å². The molecular weight excluding hydrogens is 358 g/mol. The quantitative estimate of drug-likeness (QED) is 0.750. The largest absolute Gasteiger partial charge is 0.497 e. The second-order valence-corrected chi connectivity index (χ2v) is 5.89. The fourth-order valence-corrected chi connectivity index (χ4v) is 2.37. The standard InChI is InChI=1S/C19H20ClNO5/c1-12(18(22)21-11-13-4-7-15(24-2)8-5-13)26-19(23)16-10-14(20)6-9-17(16)25-3/h4-10,12H,11H2,1-3H3,(H,21,22)/t12-/m1/s1. The third-order valence-corrected chi connectivity index (χ3v) is 3.90. The fraction of sp³-hybridized carbons (Fsp3) is 0.263. The van der Waals surface area contributed by atoms with E-state index >= 15 is 0 Å². The van der Waals surface area contributed by atoms with E-state index < -0.39 is 18.0 Å². The summed E-state index contributed by atoms with van der Waals surface area (Å²) < 4.78 is 15.4. The SMILES string of the molecule is COc1ccc(CNC(=O)[C@@H](C)OC(=O)c2cc(Cl)ccc2OC)cc1. The average molecular weight is 378 g/mol. The fourth-order valence-electron chi connectivity index (χ4n) is 2.19. The van der Waals surface area contributed by atoms with Gasteiger partial charge in [-0.1, -0.05) is 23.7 Å². The molecule has 0 aliphatic heterocycles. The highest BCUT2D eigenvalue weighted by atomic mass is 35.5. The molecule has 0 aromatic heterocycles. The number of hydrogen-bond donors (Lipinski definition) is 1. The molecule has 6 nitrogen and oxygen atoms in total. The maximum absolute atomic E-state index is 12.3. The Bertz CT molecular complexity index is 776. The monoisotopic (exact) mass is 377 g/mol. The van der Waals surface area contributed by atoms with Crippen LogP contribution in [-0.2, 0) is 16.1 Å². The van der Waals surface area contributed by atoms with Crippen LogP contribution in [-0.4, -0.2) is 32.2 Å². The van der Waals surface area contributed by atoms with E-state index in [0.717, 1.165) is 11.3 Å². The molecule has 0 saturated carbocycles. The summed E-state index contributed by atoms with van der Waals surface area (Å²) in [5.41, 5.74) is 1.06. The molecule has 138 valence electrons. The lowest BCUT2D eigenvalue weighted by atomic mass is 10.2. The lowest BCUT2D eigenvalue weighted by molar-refractivity contribution is -0.129. The number of methoxy groups -OCH3 is 2. The van der Waals surface area contributed by atoms with Crippen molar-refractivity contribution in [3.63, 3.8) is 0 Å². The van der Waals surface area contributed by atoms with Crippen LogP contribution in [0, 0.1) is 0 Å². The molecule has 7 heteroatoms. The summed E-state index contributed by atoms with van der Waals surface area (Å²) in [6, 6.07) is 11.9. The predicted octanol–water partition coefficient (Wildman–Crippen LogP) is 3.22. The van der Waals surface area contributed by atoms with Crippen LogP contribution < -0.4 is 14.8 Å². The summed E-state index contributed by atoms with van der Waals surface area (Å²) in [5, 5.41) is 3.09. The molecule has 0 heterocycles. The molecule has 0 aliphatic carbocycles. The molecule has 0 saturated heterocycles. The van der Waals surface area contributed by atoms with Gasteiger partial charge in [0.25, 0.3) is 5.91 Å². The molecule has 1 N–H and O–H groups in total. The Balaban J connectivity index is 1.93. The summed E-state index contributed by atoms with van der Waals surface area (Å²) >= 11 is 5.90. The van der Waals surface area contributed by atoms with E-state index in [1.54, 1.807) is 31.4 Å². The number of amides is 1. The second-order valence-electron chi connectivity index (χ2n) is 5.46. The van der Waals surface area contributed by atoms with Crippen molar-refractivity contribution in [3.8, 4) is 11.5 Å². The van der Waals surface area contributed by atoms with Crippen molar-refractivity contribution < 1.29 is 23.8 Å². The molecule has 0 fully saturated rings. The number of carbonyl (C=O) groups is 2. The molecule has 0 spiro atoms. The molecular formula is C19H20ClNO5. The number of hydrogen-bond acceptors (Lipinski definition) is 5. The van der Waals surface area contributed by atoms with E-state index in [4.69, 9.17) is 25.8 Å². The Labute approximate surface area is 157 Å². The van der Waals surface area contributed by atoms with Crippen LogP contribution in [0.5, 0.6) is 11.5 Å². The molecule has 0 bridgehead atoms.